The maximum absolute atomic E-state index is 12.1. The summed E-state index contributed by atoms with van der Waals surface area (Å²) in [6.07, 6.45) is 6.35. The van der Waals surface area contributed by atoms with Crippen LogP contribution >= 0.6 is 0 Å². The number of anilines is 1. The molecule has 2 aliphatic rings. The second-order valence-electron chi connectivity index (χ2n) is 4.89. The molecule has 90 valence electrons. The second kappa shape index (κ2) is 4.03. The molecule has 3 N–H and O–H groups in total. The molecule has 0 spiro atoms. The van der Waals surface area contributed by atoms with Gasteiger partial charge >= 0.3 is 0 Å². The third-order valence-electron chi connectivity index (χ3n) is 4.00. The van der Waals surface area contributed by atoms with Crippen molar-refractivity contribution in [3.8, 4) is 0 Å². The van der Waals surface area contributed by atoms with Crippen molar-refractivity contribution < 1.29 is 4.79 Å². The number of fused-ring (bicyclic) bond motifs is 2. The number of amides is 1. The first-order valence-electron chi connectivity index (χ1n) is 5.96. The zero-order valence-corrected chi connectivity index (χ0v) is 9.41. The Morgan fingerprint density at radius 3 is 2.82 bits per heavy atom. The fraction of sp³-hybridized carbons (Fsp3) is 0.636. The Bertz CT molecular complexity index is 421. The summed E-state index contributed by atoms with van der Waals surface area (Å²) in [4.78, 5) is 16.0. The number of rotatable bonds is 2. The van der Waals surface area contributed by atoms with Gasteiger partial charge in [0.1, 0.15) is 0 Å². The SMILES string of the molecule is NC1C2CCC(C2)C1C(=O)Nc1nccnn1. The number of nitrogens with zero attached hydrogens (tertiary/aromatic N) is 3. The second-order valence-corrected chi connectivity index (χ2v) is 4.89. The predicted octanol–water partition coefficient (Wildman–Crippen LogP) is 0.183. The number of hydrogen-bond donors (Lipinski definition) is 2. The Hall–Kier alpha value is -1.56. The van der Waals surface area contributed by atoms with Crippen LogP contribution in [-0.4, -0.2) is 27.1 Å². The van der Waals surface area contributed by atoms with E-state index in [0.29, 0.717) is 11.8 Å². The van der Waals surface area contributed by atoms with E-state index in [9.17, 15) is 4.79 Å². The highest BCUT2D eigenvalue weighted by Gasteiger charge is 2.49. The summed E-state index contributed by atoms with van der Waals surface area (Å²) in [5.41, 5.74) is 6.10. The van der Waals surface area contributed by atoms with Gasteiger partial charge in [-0.2, -0.15) is 5.10 Å². The average Bonchev–Trinajstić information content (AvgIpc) is 2.90. The topological polar surface area (TPSA) is 93.8 Å². The lowest BCUT2D eigenvalue weighted by atomic mass is 9.84. The van der Waals surface area contributed by atoms with Crippen LogP contribution in [-0.2, 0) is 4.79 Å². The Balaban J connectivity index is 1.71. The van der Waals surface area contributed by atoms with Crippen molar-refractivity contribution in [2.75, 3.05) is 5.32 Å². The zero-order chi connectivity index (χ0) is 11.8. The van der Waals surface area contributed by atoms with E-state index in [-0.39, 0.29) is 23.8 Å². The van der Waals surface area contributed by atoms with Crippen LogP contribution in [0.1, 0.15) is 19.3 Å². The molecule has 2 bridgehead atoms. The van der Waals surface area contributed by atoms with Crippen molar-refractivity contribution in [3.63, 3.8) is 0 Å². The fourth-order valence-corrected chi connectivity index (χ4v) is 3.22. The molecule has 4 unspecified atom stereocenters. The van der Waals surface area contributed by atoms with E-state index in [2.05, 4.69) is 20.5 Å². The molecule has 2 aliphatic carbocycles. The summed E-state index contributed by atoms with van der Waals surface area (Å²) in [7, 11) is 0. The molecule has 0 aromatic carbocycles. The molecule has 1 heterocycles. The monoisotopic (exact) mass is 233 g/mol. The fourth-order valence-electron chi connectivity index (χ4n) is 3.22. The van der Waals surface area contributed by atoms with Crippen molar-refractivity contribution in [1.29, 1.82) is 0 Å². The number of carbonyl (C=O) groups excluding carboxylic acids is 1. The molecule has 2 fully saturated rings. The molecule has 4 atom stereocenters. The average molecular weight is 233 g/mol. The highest BCUT2D eigenvalue weighted by atomic mass is 16.2. The molecule has 17 heavy (non-hydrogen) atoms. The largest absolute Gasteiger partial charge is 0.327 e. The van der Waals surface area contributed by atoms with Gasteiger partial charge in [0.25, 0.3) is 0 Å². The van der Waals surface area contributed by atoms with Gasteiger partial charge in [-0.3, -0.25) is 10.1 Å². The minimum atomic E-state index is -0.0856. The van der Waals surface area contributed by atoms with Crippen LogP contribution in [0.3, 0.4) is 0 Å². The van der Waals surface area contributed by atoms with Crippen LogP contribution in [0, 0.1) is 17.8 Å². The highest BCUT2D eigenvalue weighted by Crippen LogP contribution is 2.47. The summed E-state index contributed by atoms with van der Waals surface area (Å²) < 4.78 is 0. The molecular formula is C11H15N5O. The Kier molecular flexibility index (Phi) is 2.51. The van der Waals surface area contributed by atoms with E-state index < -0.39 is 0 Å². The van der Waals surface area contributed by atoms with Crippen LogP contribution in [0.15, 0.2) is 12.4 Å². The summed E-state index contributed by atoms with van der Waals surface area (Å²) >= 11 is 0. The number of nitrogens with two attached hydrogens (primary N) is 1. The van der Waals surface area contributed by atoms with Crippen molar-refractivity contribution in [1.82, 2.24) is 15.2 Å². The van der Waals surface area contributed by atoms with Crippen LogP contribution in [0.4, 0.5) is 5.95 Å². The molecule has 1 aromatic heterocycles. The minimum Gasteiger partial charge on any atom is -0.327 e. The van der Waals surface area contributed by atoms with Gasteiger partial charge in [-0.1, -0.05) is 0 Å². The Morgan fingerprint density at radius 1 is 1.35 bits per heavy atom. The van der Waals surface area contributed by atoms with Crippen molar-refractivity contribution in [2.24, 2.45) is 23.5 Å². The normalized spacial score (nSPS) is 34.9. The quantitative estimate of drug-likeness (QED) is 0.760. The van der Waals surface area contributed by atoms with E-state index in [1.165, 1.54) is 18.8 Å². The van der Waals surface area contributed by atoms with E-state index in [1.54, 1.807) is 0 Å². The molecule has 6 nitrogen and oxygen atoms in total. The van der Waals surface area contributed by atoms with Crippen molar-refractivity contribution in [2.45, 2.75) is 25.3 Å². The highest BCUT2D eigenvalue weighted by molar-refractivity contribution is 5.92. The molecule has 3 rings (SSSR count). The summed E-state index contributed by atoms with van der Waals surface area (Å²) in [5, 5.41) is 10.1. The number of carbonyl (C=O) groups is 1. The molecule has 6 heteroatoms. The third kappa shape index (κ3) is 1.78. The van der Waals surface area contributed by atoms with Gasteiger partial charge in [-0.25, -0.2) is 4.98 Å². The number of hydrogen-bond acceptors (Lipinski definition) is 5. The first-order chi connectivity index (χ1) is 8.25. The lowest BCUT2D eigenvalue weighted by Crippen LogP contribution is -2.42. The van der Waals surface area contributed by atoms with E-state index >= 15 is 0 Å². The molecule has 0 aliphatic heterocycles. The van der Waals surface area contributed by atoms with Crippen molar-refractivity contribution >= 4 is 11.9 Å². The smallest absolute Gasteiger partial charge is 0.249 e. The molecular weight excluding hydrogens is 218 g/mol. The number of aromatic nitrogens is 3. The van der Waals surface area contributed by atoms with Crippen LogP contribution < -0.4 is 11.1 Å². The van der Waals surface area contributed by atoms with Crippen LogP contribution in [0.25, 0.3) is 0 Å². The van der Waals surface area contributed by atoms with Gasteiger partial charge in [0.2, 0.25) is 11.9 Å². The first kappa shape index (κ1) is 10.6. The number of nitrogens with one attached hydrogen (secondary N) is 1. The van der Waals surface area contributed by atoms with Gasteiger partial charge in [-0.15, -0.1) is 5.10 Å². The third-order valence-corrected chi connectivity index (χ3v) is 4.00. The molecule has 0 radical (unpaired) electrons. The lowest BCUT2D eigenvalue weighted by molar-refractivity contribution is -0.121. The molecule has 1 amide bonds. The van der Waals surface area contributed by atoms with Gasteiger partial charge in [0.15, 0.2) is 0 Å². The van der Waals surface area contributed by atoms with Gasteiger partial charge in [0.05, 0.1) is 18.3 Å². The Labute approximate surface area is 99.0 Å². The van der Waals surface area contributed by atoms with E-state index in [4.69, 9.17) is 5.73 Å². The maximum Gasteiger partial charge on any atom is 0.249 e. The maximum atomic E-state index is 12.1. The summed E-state index contributed by atoms with van der Waals surface area (Å²) in [6.45, 7) is 0. The first-order valence-corrected chi connectivity index (χ1v) is 5.96. The summed E-state index contributed by atoms with van der Waals surface area (Å²) in [5.74, 6) is 1.07. The van der Waals surface area contributed by atoms with Gasteiger partial charge in [-0.05, 0) is 31.1 Å². The minimum absolute atomic E-state index is 0.00887. The van der Waals surface area contributed by atoms with E-state index in [1.807, 2.05) is 0 Å². The van der Waals surface area contributed by atoms with Gasteiger partial charge in [0, 0.05) is 6.04 Å². The van der Waals surface area contributed by atoms with Crippen LogP contribution in [0.5, 0.6) is 0 Å². The summed E-state index contributed by atoms with van der Waals surface area (Å²) in [6, 6.07) is -0.00887. The standard InChI is InChI=1S/C11H15N5O/c12-9-7-2-1-6(5-7)8(9)10(17)15-11-13-3-4-14-16-11/h3-4,6-9H,1-2,5,12H2,(H,13,15,16,17). The molecule has 0 saturated heterocycles. The Morgan fingerprint density at radius 2 is 2.18 bits per heavy atom. The lowest BCUT2D eigenvalue weighted by Gasteiger charge is -2.26. The molecule has 1 aromatic rings. The molecule has 2 saturated carbocycles. The van der Waals surface area contributed by atoms with E-state index in [0.717, 1.165) is 12.8 Å². The van der Waals surface area contributed by atoms with Gasteiger partial charge < -0.3 is 5.73 Å². The van der Waals surface area contributed by atoms with Crippen molar-refractivity contribution in [3.05, 3.63) is 12.4 Å². The zero-order valence-electron chi connectivity index (χ0n) is 9.41. The van der Waals surface area contributed by atoms with Crippen LogP contribution in [0.2, 0.25) is 0 Å². The predicted molar refractivity (Wildman–Crippen MR) is 60.8 cm³/mol.